The quantitative estimate of drug-likeness (QED) is 0.284. The summed E-state index contributed by atoms with van der Waals surface area (Å²) in [5, 5.41) is 62.6. The fourth-order valence-corrected chi connectivity index (χ4v) is 10.1. The van der Waals surface area contributed by atoms with Crippen LogP contribution in [0.1, 0.15) is 85.0 Å². The zero-order valence-corrected chi connectivity index (χ0v) is 23.9. The van der Waals surface area contributed by atoms with E-state index in [-0.39, 0.29) is 41.3 Å². The smallest absolute Gasteiger partial charge is 0.308 e. The molecule has 0 radical (unpaired) electrons. The fourth-order valence-electron chi connectivity index (χ4n) is 10.1. The second kappa shape index (κ2) is 11.1. The first-order valence-electron chi connectivity index (χ1n) is 15.2. The van der Waals surface area contributed by atoms with Gasteiger partial charge in [0.2, 0.25) is 6.29 Å². The van der Waals surface area contributed by atoms with Crippen LogP contribution in [-0.4, -0.2) is 80.4 Å². The Bertz CT molecular complexity index is 959. The number of carboxylic acids is 1. The van der Waals surface area contributed by atoms with E-state index in [0.717, 1.165) is 44.9 Å². The summed E-state index contributed by atoms with van der Waals surface area (Å²) in [6, 6.07) is 0. The van der Waals surface area contributed by atoms with Gasteiger partial charge in [-0.15, -0.1) is 0 Å². The van der Waals surface area contributed by atoms with Gasteiger partial charge in [-0.05, 0) is 104 Å². The number of carboxylic acid groups (broad SMARTS) is 1. The number of ether oxygens (including phenoxy) is 2. The third-order valence-electron chi connectivity index (χ3n) is 12.3. The van der Waals surface area contributed by atoms with Crippen molar-refractivity contribution in [3.05, 3.63) is 0 Å². The monoisotopic (exact) mass is 567 g/mol. The molecule has 1 aliphatic heterocycles. The first-order chi connectivity index (χ1) is 18.8. The lowest BCUT2D eigenvalue weighted by molar-refractivity contribution is -0.346. The van der Waals surface area contributed by atoms with Crippen LogP contribution in [0.5, 0.6) is 0 Å². The molecule has 4 aliphatic carbocycles. The lowest BCUT2D eigenvalue weighted by atomic mass is 9.44. The van der Waals surface area contributed by atoms with Crippen molar-refractivity contribution < 1.29 is 49.7 Å². The predicted molar refractivity (Wildman–Crippen MR) is 139 cm³/mol. The summed E-state index contributed by atoms with van der Waals surface area (Å²) in [4.78, 5) is 23.9. The molecule has 10 nitrogen and oxygen atoms in total. The van der Waals surface area contributed by atoms with E-state index < -0.39 is 42.6 Å². The van der Waals surface area contributed by atoms with Gasteiger partial charge in [-0.3, -0.25) is 4.79 Å². The SMILES string of the molecule is C[C@H](CCC(=O)O[C@@H]1O[C@H](C(=O)[O-])[C@@H](O)[C@H](O)[C@H]1O)[C@H]1CC[C@H]2[C@@H]3C[C@H](O)[C@@H]4C[C@H](O)CC[C@]4(C)[C@H]3CC[C@]12C. The molecule has 5 fully saturated rings. The molecule has 5 aliphatic rings. The Morgan fingerprint density at radius 3 is 2.27 bits per heavy atom. The lowest BCUT2D eigenvalue weighted by Crippen LogP contribution is -2.62. The predicted octanol–water partition coefficient (Wildman–Crippen LogP) is 0.494. The van der Waals surface area contributed by atoms with Gasteiger partial charge in [0.15, 0.2) is 0 Å². The molecule has 0 bridgehead atoms. The molecule has 0 aromatic heterocycles. The molecule has 0 amide bonds. The Morgan fingerprint density at radius 1 is 0.900 bits per heavy atom. The molecular weight excluding hydrogens is 520 g/mol. The van der Waals surface area contributed by atoms with Crippen LogP contribution in [0.2, 0.25) is 0 Å². The minimum absolute atomic E-state index is 0.0481. The Hall–Kier alpha value is -1.30. The van der Waals surface area contributed by atoms with Crippen molar-refractivity contribution in [2.45, 2.75) is 128 Å². The zero-order chi connectivity index (χ0) is 29.1. The van der Waals surface area contributed by atoms with Crippen molar-refractivity contribution in [2.24, 2.45) is 46.3 Å². The van der Waals surface area contributed by atoms with Crippen LogP contribution in [0.3, 0.4) is 0 Å². The van der Waals surface area contributed by atoms with Gasteiger partial charge in [-0.1, -0.05) is 20.8 Å². The van der Waals surface area contributed by atoms with Crippen molar-refractivity contribution in [3.8, 4) is 0 Å². The highest BCUT2D eigenvalue weighted by molar-refractivity contribution is 5.71. The minimum Gasteiger partial charge on any atom is -0.547 e. The van der Waals surface area contributed by atoms with Crippen molar-refractivity contribution in [1.29, 1.82) is 0 Å². The van der Waals surface area contributed by atoms with E-state index >= 15 is 0 Å². The molecule has 4 saturated carbocycles. The number of hydrogen-bond acceptors (Lipinski definition) is 10. The van der Waals surface area contributed by atoms with Gasteiger partial charge >= 0.3 is 5.97 Å². The first kappa shape index (κ1) is 30.2. The largest absolute Gasteiger partial charge is 0.547 e. The number of esters is 1. The van der Waals surface area contributed by atoms with Crippen molar-refractivity contribution in [1.82, 2.24) is 0 Å². The number of rotatable bonds is 6. The molecule has 228 valence electrons. The summed E-state index contributed by atoms with van der Waals surface area (Å²) >= 11 is 0. The van der Waals surface area contributed by atoms with Gasteiger partial charge in [-0.2, -0.15) is 0 Å². The molecule has 1 heterocycles. The minimum atomic E-state index is -1.92. The second-order valence-corrected chi connectivity index (χ2v) is 14.2. The summed E-state index contributed by atoms with van der Waals surface area (Å²) in [5.74, 6) is -0.0876. The standard InChI is InChI=1S/C30H48O10/c1-14(4-7-22(33)39-28-25(36)23(34)24(35)26(40-28)27(37)38)17-5-6-18-16-13-21(32)20-12-15(31)8-10-30(20,3)19(16)9-11-29(17,18)2/h14-21,23-26,28,31-32,34-36H,4-13H2,1-3H3,(H,37,38)/p-1/t14-,15-,16+,17-,18+,19+,20+,21+,23+,24+,25-,26+,28-,29-,30-/m1/s1. The molecule has 1 saturated heterocycles. The van der Waals surface area contributed by atoms with Crippen LogP contribution in [0, 0.1) is 46.3 Å². The van der Waals surface area contributed by atoms with Crippen molar-refractivity contribution in [3.63, 3.8) is 0 Å². The van der Waals surface area contributed by atoms with Crippen LogP contribution in [-0.2, 0) is 19.1 Å². The highest BCUT2D eigenvalue weighted by Crippen LogP contribution is 2.68. The number of aliphatic hydroxyl groups excluding tert-OH is 5. The Labute approximate surface area is 236 Å². The Kier molecular flexibility index (Phi) is 8.36. The van der Waals surface area contributed by atoms with Gasteiger partial charge in [-0.25, -0.2) is 0 Å². The molecule has 5 N–H and O–H groups in total. The highest BCUT2D eigenvalue weighted by Gasteiger charge is 2.62. The summed E-state index contributed by atoms with van der Waals surface area (Å²) in [6.45, 7) is 6.91. The number of hydrogen-bond donors (Lipinski definition) is 5. The van der Waals surface area contributed by atoms with Crippen LogP contribution in [0.15, 0.2) is 0 Å². The molecule has 0 spiro atoms. The number of carbonyl (C=O) groups is 2. The highest BCUT2D eigenvalue weighted by atomic mass is 16.7. The molecule has 15 atom stereocenters. The maximum atomic E-state index is 12.7. The molecule has 0 aromatic rings. The summed E-state index contributed by atoms with van der Waals surface area (Å²) in [7, 11) is 0. The van der Waals surface area contributed by atoms with E-state index in [4.69, 9.17) is 9.47 Å². The van der Waals surface area contributed by atoms with Crippen LogP contribution in [0.4, 0.5) is 0 Å². The topological polar surface area (TPSA) is 177 Å². The number of fused-ring (bicyclic) bond motifs is 5. The van der Waals surface area contributed by atoms with E-state index in [2.05, 4.69) is 20.8 Å². The van der Waals surface area contributed by atoms with E-state index in [1.807, 2.05) is 0 Å². The van der Waals surface area contributed by atoms with Gasteiger partial charge in [0.25, 0.3) is 0 Å². The zero-order valence-electron chi connectivity index (χ0n) is 23.9. The molecule has 10 heteroatoms. The first-order valence-corrected chi connectivity index (χ1v) is 15.2. The van der Waals surface area contributed by atoms with Crippen molar-refractivity contribution in [2.75, 3.05) is 0 Å². The van der Waals surface area contributed by atoms with E-state index in [1.54, 1.807) is 0 Å². The van der Waals surface area contributed by atoms with Gasteiger partial charge in [0.1, 0.15) is 24.4 Å². The van der Waals surface area contributed by atoms with Gasteiger partial charge < -0.3 is 44.9 Å². The average molecular weight is 568 g/mol. The summed E-state index contributed by atoms with van der Waals surface area (Å²) in [5.41, 5.74) is 0.188. The fraction of sp³-hybridized carbons (Fsp3) is 0.933. The van der Waals surface area contributed by atoms with Crippen molar-refractivity contribution >= 4 is 11.9 Å². The van der Waals surface area contributed by atoms with E-state index in [1.165, 1.54) is 0 Å². The second-order valence-electron chi connectivity index (χ2n) is 14.2. The maximum absolute atomic E-state index is 12.7. The molecular formula is C30H47O10-. The average Bonchev–Trinajstić information content (AvgIpc) is 3.26. The van der Waals surface area contributed by atoms with Crippen LogP contribution < -0.4 is 5.11 Å². The molecule has 5 rings (SSSR count). The normalized spacial score (nSPS) is 51.2. The van der Waals surface area contributed by atoms with Crippen LogP contribution >= 0.6 is 0 Å². The van der Waals surface area contributed by atoms with E-state index in [0.29, 0.717) is 36.5 Å². The summed E-state index contributed by atoms with van der Waals surface area (Å²) in [6.07, 6.45) is -1.51. The Morgan fingerprint density at radius 2 is 1.57 bits per heavy atom. The third-order valence-corrected chi connectivity index (χ3v) is 12.3. The van der Waals surface area contributed by atoms with Gasteiger partial charge in [0.05, 0.1) is 18.2 Å². The Balaban J connectivity index is 1.19. The maximum Gasteiger partial charge on any atom is 0.308 e. The molecule has 40 heavy (non-hydrogen) atoms. The van der Waals surface area contributed by atoms with E-state index in [9.17, 15) is 40.2 Å². The number of carbonyl (C=O) groups excluding carboxylic acids is 2. The molecule has 0 aromatic carbocycles. The third kappa shape index (κ3) is 5.00. The molecule has 0 unspecified atom stereocenters. The van der Waals surface area contributed by atoms with Gasteiger partial charge in [0, 0.05) is 6.42 Å². The van der Waals surface area contributed by atoms with Crippen LogP contribution in [0.25, 0.3) is 0 Å². The number of aliphatic carboxylic acids is 1. The number of aliphatic hydroxyl groups is 5. The summed E-state index contributed by atoms with van der Waals surface area (Å²) < 4.78 is 10.2. The lowest BCUT2D eigenvalue weighted by Gasteiger charge is -2.62.